The number of carbonyl (C=O) groups excluding carboxylic acids is 2. The molecule has 1 aromatic heterocycles. The third-order valence-corrected chi connectivity index (χ3v) is 5.69. The number of carbonyl (C=O) groups is 2. The second kappa shape index (κ2) is 8.74. The molecule has 1 aliphatic heterocycles. The maximum absolute atomic E-state index is 13.5. The van der Waals surface area contributed by atoms with Crippen molar-refractivity contribution < 1.29 is 14.3 Å². The second-order valence-corrected chi connectivity index (χ2v) is 7.88. The third kappa shape index (κ3) is 3.80. The van der Waals surface area contributed by atoms with Gasteiger partial charge in [-0.3, -0.25) is 9.69 Å². The lowest BCUT2D eigenvalue weighted by atomic mass is 10.1. The SMILES string of the molecule is CCCN1C(=O)c2ccccc2[C@@H]1OC(=O)c1cn(-c2ccccc2)nc1-c1ccccc1. The van der Waals surface area contributed by atoms with Gasteiger partial charge >= 0.3 is 5.97 Å². The molecular weight excluding hydrogens is 414 g/mol. The largest absolute Gasteiger partial charge is 0.433 e. The first-order valence-corrected chi connectivity index (χ1v) is 11.0. The highest BCUT2D eigenvalue weighted by molar-refractivity contribution is 6.00. The van der Waals surface area contributed by atoms with Gasteiger partial charge in [0.15, 0.2) is 0 Å². The van der Waals surface area contributed by atoms with Crippen LogP contribution in [-0.2, 0) is 4.74 Å². The van der Waals surface area contributed by atoms with Crippen LogP contribution in [0.4, 0.5) is 0 Å². The number of fused-ring (bicyclic) bond motifs is 1. The van der Waals surface area contributed by atoms with Crippen molar-refractivity contribution in [1.29, 1.82) is 0 Å². The molecule has 2 heterocycles. The van der Waals surface area contributed by atoms with Crippen molar-refractivity contribution in [2.75, 3.05) is 6.54 Å². The molecule has 33 heavy (non-hydrogen) atoms. The molecule has 0 unspecified atom stereocenters. The number of benzene rings is 3. The molecule has 0 spiro atoms. The first-order valence-electron chi connectivity index (χ1n) is 11.0. The van der Waals surface area contributed by atoms with Gasteiger partial charge in [-0.15, -0.1) is 0 Å². The van der Waals surface area contributed by atoms with Crippen molar-refractivity contribution in [3.05, 3.63) is 108 Å². The van der Waals surface area contributed by atoms with E-state index in [1.165, 1.54) is 0 Å². The minimum Gasteiger partial charge on any atom is -0.433 e. The molecule has 0 aliphatic carbocycles. The predicted molar refractivity (Wildman–Crippen MR) is 125 cm³/mol. The summed E-state index contributed by atoms with van der Waals surface area (Å²) in [5.74, 6) is -0.639. The zero-order chi connectivity index (χ0) is 22.8. The van der Waals surface area contributed by atoms with Crippen molar-refractivity contribution in [2.45, 2.75) is 19.6 Å². The summed E-state index contributed by atoms with van der Waals surface area (Å²) in [4.78, 5) is 28.0. The molecule has 0 fully saturated rings. The van der Waals surface area contributed by atoms with E-state index in [4.69, 9.17) is 9.84 Å². The van der Waals surface area contributed by atoms with Crippen molar-refractivity contribution in [3.63, 3.8) is 0 Å². The van der Waals surface area contributed by atoms with Gasteiger partial charge in [0.25, 0.3) is 5.91 Å². The highest BCUT2D eigenvalue weighted by Crippen LogP contribution is 2.36. The molecule has 1 atom stereocenters. The van der Waals surface area contributed by atoms with E-state index in [0.717, 1.165) is 17.7 Å². The van der Waals surface area contributed by atoms with Crippen LogP contribution in [0.3, 0.4) is 0 Å². The van der Waals surface area contributed by atoms with Gasteiger partial charge in [-0.05, 0) is 24.6 Å². The quantitative estimate of drug-likeness (QED) is 0.386. The number of hydrogen-bond acceptors (Lipinski definition) is 4. The molecule has 3 aromatic carbocycles. The molecule has 4 aromatic rings. The lowest BCUT2D eigenvalue weighted by molar-refractivity contribution is -0.0184. The number of hydrogen-bond donors (Lipinski definition) is 0. The Balaban J connectivity index is 1.54. The Morgan fingerprint density at radius 2 is 1.61 bits per heavy atom. The fourth-order valence-corrected chi connectivity index (χ4v) is 4.13. The van der Waals surface area contributed by atoms with Gasteiger partial charge in [-0.1, -0.05) is 73.7 Å². The van der Waals surface area contributed by atoms with Gasteiger partial charge in [0.1, 0.15) is 11.3 Å². The molecular formula is C27H23N3O3. The highest BCUT2D eigenvalue weighted by atomic mass is 16.6. The van der Waals surface area contributed by atoms with Crippen LogP contribution in [0.2, 0.25) is 0 Å². The highest BCUT2D eigenvalue weighted by Gasteiger charge is 2.39. The van der Waals surface area contributed by atoms with E-state index in [2.05, 4.69) is 0 Å². The smallest absolute Gasteiger partial charge is 0.344 e. The fraction of sp³-hybridized carbons (Fsp3) is 0.148. The van der Waals surface area contributed by atoms with E-state index in [1.807, 2.05) is 85.8 Å². The Labute approximate surface area is 192 Å². The first-order chi connectivity index (χ1) is 16.2. The normalized spacial score (nSPS) is 14.9. The summed E-state index contributed by atoms with van der Waals surface area (Å²) in [7, 11) is 0. The summed E-state index contributed by atoms with van der Waals surface area (Å²) in [5.41, 5.74) is 3.81. The van der Waals surface area contributed by atoms with Crippen LogP contribution in [0, 0.1) is 0 Å². The number of nitrogens with zero attached hydrogens (tertiary/aromatic N) is 3. The summed E-state index contributed by atoms with van der Waals surface area (Å²) >= 11 is 0. The number of rotatable bonds is 6. The molecule has 1 aliphatic rings. The number of ether oxygens (including phenoxy) is 1. The lowest BCUT2D eigenvalue weighted by Gasteiger charge is -2.24. The van der Waals surface area contributed by atoms with Gasteiger partial charge < -0.3 is 4.74 Å². The van der Waals surface area contributed by atoms with E-state index >= 15 is 0 Å². The summed E-state index contributed by atoms with van der Waals surface area (Å²) < 4.78 is 7.66. The summed E-state index contributed by atoms with van der Waals surface area (Å²) in [6, 6.07) is 26.4. The van der Waals surface area contributed by atoms with E-state index in [1.54, 1.807) is 21.8 Å². The Bertz CT molecular complexity index is 1300. The number of esters is 1. The van der Waals surface area contributed by atoms with Gasteiger partial charge in [-0.2, -0.15) is 5.10 Å². The number of amides is 1. The van der Waals surface area contributed by atoms with Crippen LogP contribution >= 0.6 is 0 Å². The van der Waals surface area contributed by atoms with E-state index < -0.39 is 12.2 Å². The van der Waals surface area contributed by atoms with Crippen molar-refractivity contribution in [1.82, 2.24) is 14.7 Å². The number of para-hydroxylation sites is 1. The van der Waals surface area contributed by atoms with Gasteiger partial charge in [-0.25, -0.2) is 9.48 Å². The fourth-order valence-electron chi connectivity index (χ4n) is 4.13. The Morgan fingerprint density at radius 3 is 2.33 bits per heavy atom. The van der Waals surface area contributed by atoms with Crippen LogP contribution in [0.5, 0.6) is 0 Å². The third-order valence-electron chi connectivity index (χ3n) is 5.69. The summed E-state index contributed by atoms with van der Waals surface area (Å²) in [6.07, 6.45) is 1.69. The summed E-state index contributed by atoms with van der Waals surface area (Å²) in [6.45, 7) is 2.49. The number of aromatic nitrogens is 2. The van der Waals surface area contributed by atoms with Crippen LogP contribution in [-0.4, -0.2) is 33.1 Å². The molecule has 0 saturated heterocycles. The van der Waals surface area contributed by atoms with Gasteiger partial charge in [0.2, 0.25) is 6.23 Å². The van der Waals surface area contributed by atoms with Crippen LogP contribution in [0.1, 0.15) is 45.9 Å². The standard InChI is InChI=1S/C27H23N3O3/c1-2-17-29-25(31)21-15-9-10-16-22(21)26(29)33-27(32)23-18-30(20-13-7-4-8-14-20)28-24(23)19-11-5-3-6-12-19/h3-16,18,26H,2,17H2,1H3/t26-/m0/s1. The minimum absolute atomic E-state index is 0.117. The van der Waals surface area contributed by atoms with Gasteiger partial charge in [0.05, 0.1) is 5.69 Å². The van der Waals surface area contributed by atoms with Gasteiger partial charge in [0, 0.05) is 29.4 Å². The predicted octanol–water partition coefficient (Wildman–Crippen LogP) is 5.26. The maximum Gasteiger partial charge on any atom is 0.344 e. The zero-order valence-corrected chi connectivity index (χ0v) is 18.2. The Morgan fingerprint density at radius 1 is 0.939 bits per heavy atom. The first kappa shape index (κ1) is 20.7. The molecule has 5 rings (SSSR count). The second-order valence-electron chi connectivity index (χ2n) is 7.88. The van der Waals surface area contributed by atoms with Crippen molar-refractivity contribution >= 4 is 11.9 Å². The zero-order valence-electron chi connectivity index (χ0n) is 18.2. The van der Waals surface area contributed by atoms with Crippen molar-refractivity contribution in [3.8, 4) is 16.9 Å². The molecule has 1 amide bonds. The Hall–Kier alpha value is -4.19. The molecule has 6 nitrogen and oxygen atoms in total. The Kier molecular flexibility index (Phi) is 5.48. The lowest BCUT2D eigenvalue weighted by Crippen LogP contribution is -2.31. The molecule has 0 radical (unpaired) electrons. The van der Waals surface area contributed by atoms with Crippen LogP contribution < -0.4 is 0 Å². The van der Waals surface area contributed by atoms with E-state index in [-0.39, 0.29) is 5.91 Å². The average Bonchev–Trinajstić information content (AvgIpc) is 3.42. The molecule has 0 bridgehead atoms. The monoisotopic (exact) mass is 437 g/mol. The van der Waals surface area contributed by atoms with Crippen LogP contribution in [0.15, 0.2) is 91.1 Å². The topological polar surface area (TPSA) is 64.4 Å². The molecule has 164 valence electrons. The van der Waals surface area contributed by atoms with Crippen LogP contribution in [0.25, 0.3) is 16.9 Å². The average molecular weight is 437 g/mol. The van der Waals surface area contributed by atoms with Crippen molar-refractivity contribution in [2.24, 2.45) is 0 Å². The minimum atomic E-state index is -0.759. The molecule has 0 saturated carbocycles. The van der Waals surface area contributed by atoms with E-state index in [0.29, 0.717) is 28.9 Å². The molecule has 0 N–H and O–H groups in total. The maximum atomic E-state index is 13.5. The van der Waals surface area contributed by atoms with E-state index in [9.17, 15) is 9.59 Å². The summed E-state index contributed by atoms with van der Waals surface area (Å²) in [5, 5.41) is 4.70. The molecule has 6 heteroatoms.